The lowest BCUT2D eigenvalue weighted by molar-refractivity contribution is -0.164. The standard InChI is InChI=1S/C12H22F3N3O2/c1-9(6-16)4-5-10(19)18(8-12(13,14)15)7-11(20)17(2)3/h9H,4-8,16H2,1-3H3. The van der Waals surface area contributed by atoms with Crippen molar-refractivity contribution in [2.45, 2.75) is 25.9 Å². The maximum absolute atomic E-state index is 12.4. The zero-order valence-corrected chi connectivity index (χ0v) is 12.0. The molecule has 20 heavy (non-hydrogen) atoms. The highest BCUT2D eigenvalue weighted by Crippen LogP contribution is 2.18. The summed E-state index contributed by atoms with van der Waals surface area (Å²) in [5.41, 5.74) is 5.39. The molecule has 0 radical (unpaired) electrons. The fraction of sp³-hybridized carbons (Fsp3) is 0.833. The minimum Gasteiger partial charge on any atom is -0.347 e. The molecule has 5 nitrogen and oxygen atoms in total. The second-order valence-corrected chi connectivity index (χ2v) is 5.03. The molecule has 1 atom stereocenters. The lowest BCUT2D eigenvalue weighted by Gasteiger charge is -2.25. The largest absolute Gasteiger partial charge is 0.406 e. The van der Waals surface area contributed by atoms with Crippen LogP contribution in [0.3, 0.4) is 0 Å². The zero-order chi connectivity index (χ0) is 15.9. The maximum Gasteiger partial charge on any atom is 0.406 e. The number of nitrogens with zero attached hydrogens (tertiary/aromatic N) is 2. The Kier molecular flexibility index (Phi) is 7.55. The Hall–Kier alpha value is -1.31. The van der Waals surface area contributed by atoms with Gasteiger partial charge < -0.3 is 15.5 Å². The van der Waals surface area contributed by atoms with Crippen LogP contribution in [0.4, 0.5) is 13.2 Å². The first-order valence-corrected chi connectivity index (χ1v) is 6.31. The summed E-state index contributed by atoms with van der Waals surface area (Å²) in [4.78, 5) is 25.0. The molecule has 2 N–H and O–H groups in total. The summed E-state index contributed by atoms with van der Waals surface area (Å²) in [5.74, 6) is -1.18. The van der Waals surface area contributed by atoms with E-state index in [0.29, 0.717) is 17.9 Å². The normalized spacial score (nSPS) is 12.9. The molecule has 0 rings (SSSR count). The molecule has 0 heterocycles. The quantitative estimate of drug-likeness (QED) is 0.757. The van der Waals surface area contributed by atoms with E-state index in [-0.39, 0.29) is 12.3 Å². The van der Waals surface area contributed by atoms with E-state index in [1.807, 2.05) is 6.92 Å². The van der Waals surface area contributed by atoms with Gasteiger partial charge in [-0.3, -0.25) is 9.59 Å². The van der Waals surface area contributed by atoms with Crippen molar-refractivity contribution in [2.24, 2.45) is 11.7 Å². The summed E-state index contributed by atoms with van der Waals surface area (Å²) in [6.07, 6.45) is -4.17. The van der Waals surface area contributed by atoms with Crippen LogP contribution in [0, 0.1) is 5.92 Å². The van der Waals surface area contributed by atoms with Gasteiger partial charge in [-0.1, -0.05) is 6.92 Å². The van der Waals surface area contributed by atoms with Crippen molar-refractivity contribution in [1.29, 1.82) is 0 Å². The van der Waals surface area contributed by atoms with Crippen LogP contribution in [-0.2, 0) is 9.59 Å². The molecule has 0 bridgehead atoms. The van der Waals surface area contributed by atoms with Crippen molar-refractivity contribution in [1.82, 2.24) is 9.80 Å². The summed E-state index contributed by atoms with van der Waals surface area (Å²) >= 11 is 0. The predicted molar refractivity (Wildman–Crippen MR) is 68.8 cm³/mol. The topological polar surface area (TPSA) is 66.6 Å². The number of likely N-dealkylation sites (N-methyl/N-ethyl adjacent to an activating group) is 1. The number of hydrogen-bond acceptors (Lipinski definition) is 3. The van der Waals surface area contributed by atoms with Crippen LogP contribution in [0.1, 0.15) is 19.8 Å². The Morgan fingerprint density at radius 1 is 1.20 bits per heavy atom. The zero-order valence-electron chi connectivity index (χ0n) is 12.0. The molecular weight excluding hydrogens is 275 g/mol. The van der Waals surface area contributed by atoms with E-state index in [9.17, 15) is 22.8 Å². The summed E-state index contributed by atoms with van der Waals surface area (Å²) < 4.78 is 37.3. The molecule has 0 aromatic carbocycles. The Morgan fingerprint density at radius 3 is 2.15 bits per heavy atom. The highest BCUT2D eigenvalue weighted by molar-refractivity contribution is 5.84. The summed E-state index contributed by atoms with van der Waals surface area (Å²) in [6.45, 7) is 0.195. The Labute approximate surface area is 116 Å². The van der Waals surface area contributed by atoms with E-state index in [0.717, 1.165) is 4.90 Å². The molecular formula is C12H22F3N3O2. The third kappa shape index (κ3) is 7.98. The fourth-order valence-corrected chi connectivity index (χ4v) is 1.40. The smallest absolute Gasteiger partial charge is 0.347 e. The third-order valence-corrected chi connectivity index (χ3v) is 2.80. The van der Waals surface area contributed by atoms with Gasteiger partial charge in [0, 0.05) is 20.5 Å². The van der Waals surface area contributed by atoms with E-state index < -0.39 is 31.1 Å². The molecule has 0 aliphatic rings. The number of alkyl halides is 3. The number of amides is 2. The molecule has 1 unspecified atom stereocenters. The van der Waals surface area contributed by atoms with Crippen LogP contribution >= 0.6 is 0 Å². The molecule has 2 amide bonds. The van der Waals surface area contributed by atoms with Gasteiger partial charge in [-0.25, -0.2) is 0 Å². The van der Waals surface area contributed by atoms with Gasteiger partial charge in [-0.05, 0) is 18.9 Å². The summed E-state index contributed by atoms with van der Waals surface area (Å²) in [5, 5.41) is 0. The first-order chi connectivity index (χ1) is 9.06. The first-order valence-electron chi connectivity index (χ1n) is 6.31. The van der Waals surface area contributed by atoms with Gasteiger partial charge in [0.15, 0.2) is 0 Å². The van der Waals surface area contributed by atoms with Gasteiger partial charge in [-0.15, -0.1) is 0 Å². The second kappa shape index (κ2) is 8.08. The van der Waals surface area contributed by atoms with Gasteiger partial charge in [-0.2, -0.15) is 13.2 Å². The third-order valence-electron chi connectivity index (χ3n) is 2.80. The van der Waals surface area contributed by atoms with E-state index in [4.69, 9.17) is 5.73 Å². The number of nitrogens with two attached hydrogens (primary N) is 1. The molecule has 0 aliphatic carbocycles. The average molecular weight is 297 g/mol. The van der Waals surface area contributed by atoms with Crippen LogP contribution in [0.25, 0.3) is 0 Å². The lowest BCUT2D eigenvalue weighted by atomic mass is 10.1. The molecule has 0 saturated heterocycles. The van der Waals surface area contributed by atoms with E-state index >= 15 is 0 Å². The van der Waals surface area contributed by atoms with Crippen LogP contribution in [0.15, 0.2) is 0 Å². The lowest BCUT2D eigenvalue weighted by Crippen LogP contribution is -2.44. The molecule has 0 aliphatic heterocycles. The minimum absolute atomic E-state index is 0.0465. The molecule has 0 saturated carbocycles. The van der Waals surface area contributed by atoms with Crippen LogP contribution in [0.5, 0.6) is 0 Å². The van der Waals surface area contributed by atoms with E-state index in [2.05, 4.69) is 0 Å². The van der Waals surface area contributed by atoms with Crippen LogP contribution in [-0.4, -0.2) is 61.5 Å². The number of halogens is 3. The van der Waals surface area contributed by atoms with Crippen LogP contribution in [0.2, 0.25) is 0 Å². The molecule has 8 heteroatoms. The molecule has 0 aromatic heterocycles. The first kappa shape index (κ1) is 18.7. The van der Waals surface area contributed by atoms with Crippen molar-refractivity contribution >= 4 is 11.8 Å². The predicted octanol–water partition coefficient (Wildman–Crippen LogP) is 0.841. The molecule has 0 aromatic rings. The van der Waals surface area contributed by atoms with Crippen molar-refractivity contribution in [3.8, 4) is 0 Å². The molecule has 118 valence electrons. The van der Waals surface area contributed by atoms with Gasteiger partial charge >= 0.3 is 6.18 Å². The molecule has 0 fully saturated rings. The maximum atomic E-state index is 12.4. The van der Waals surface area contributed by atoms with Crippen LogP contribution < -0.4 is 5.73 Å². The van der Waals surface area contributed by atoms with Gasteiger partial charge in [0.05, 0.1) is 0 Å². The summed E-state index contributed by atoms with van der Waals surface area (Å²) in [7, 11) is 2.85. The van der Waals surface area contributed by atoms with E-state index in [1.54, 1.807) is 0 Å². The number of rotatable bonds is 7. The van der Waals surface area contributed by atoms with Crippen molar-refractivity contribution in [3.05, 3.63) is 0 Å². The van der Waals surface area contributed by atoms with Gasteiger partial charge in [0.25, 0.3) is 0 Å². The highest BCUT2D eigenvalue weighted by Gasteiger charge is 2.34. The number of carbonyl (C=O) groups is 2. The Morgan fingerprint density at radius 2 is 1.75 bits per heavy atom. The Bertz CT molecular complexity index is 332. The van der Waals surface area contributed by atoms with Crippen molar-refractivity contribution in [2.75, 3.05) is 33.7 Å². The minimum atomic E-state index is -4.53. The monoisotopic (exact) mass is 297 g/mol. The van der Waals surface area contributed by atoms with Gasteiger partial charge in [0.2, 0.25) is 11.8 Å². The average Bonchev–Trinajstić information content (AvgIpc) is 2.32. The van der Waals surface area contributed by atoms with Gasteiger partial charge in [0.1, 0.15) is 13.1 Å². The molecule has 0 spiro atoms. The van der Waals surface area contributed by atoms with Crippen molar-refractivity contribution in [3.63, 3.8) is 0 Å². The fourth-order valence-electron chi connectivity index (χ4n) is 1.40. The number of carbonyl (C=O) groups excluding carboxylic acids is 2. The highest BCUT2D eigenvalue weighted by atomic mass is 19.4. The van der Waals surface area contributed by atoms with Crippen molar-refractivity contribution < 1.29 is 22.8 Å². The second-order valence-electron chi connectivity index (χ2n) is 5.03. The number of hydrogen-bond donors (Lipinski definition) is 1. The summed E-state index contributed by atoms with van der Waals surface area (Å²) in [6, 6.07) is 0. The Balaban J connectivity index is 4.66. The van der Waals surface area contributed by atoms with E-state index in [1.165, 1.54) is 14.1 Å². The SMILES string of the molecule is CC(CN)CCC(=O)N(CC(=O)N(C)C)CC(F)(F)F.